The summed E-state index contributed by atoms with van der Waals surface area (Å²) >= 11 is 1.62. The Morgan fingerprint density at radius 2 is 1.76 bits per heavy atom. The van der Waals surface area contributed by atoms with E-state index in [2.05, 4.69) is 23.8 Å². The van der Waals surface area contributed by atoms with Crippen LogP contribution in [0.2, 0.25) is 0 Å². The van der Waals surface area contributed by atoms with E-state index >= 15 is 0 Å². The van der Waals surface area contributed by atoms with Gasteiger partial charge >= 0.3 is 5.97 Å². The van der Waals surface area contributed by atoms with Crippen LogP contribution in [0, 0.1) is 13.8 Å². The summed E-state index contributed by atoms with van der Waals surface area (Å²) in [5, 5.41) is 10.1. The van der Waals surface area contributed by atoms with Gasteiger partial charge in [-0.25, -0.2) is 14.8 Å². The number of thiazole rings is 1. The van der Waals surface area contributed by atoms with Crippen molar-refractivity contribution in [3.05, 3.63) is 44.7 Å². The number of hydrogen-bond donors (Lipinski definition) is 1. The number of carbonyl (C=O) groups excluding carboxylic acids is 1. The van der Waals surface area contributed by atoms with Gasteiger partial charge in [0, 0.05) is 17.8 Å². The first-order valence-corrected chi connectivity index (χ1v) is 8.90. The number of carboxylic acids is 1. The standard InChI is InChI=1S/C18H23N3O3S/c1-9(2)16-20-11(4)15(25-16)12(5)21(6)17(22)14-8-7-13(18(23)24)10(3)19-14/h7-9,12H,1-6H3,(H,23,24). The minimum absolute atomic E-state index is 0.104. The van der Waals surface area contributed by atoms with Crippen LogP contribution >= 0.6 is 11.3 Å². The molecule has 0 saturated carbocycles. The highest BCUT2D eigenvalue weighted by Gasteiger charge is 2.25. The molecule has 2 aromatic rings. The van der Waals surface area contributed by atoms with Crippen molar-refractivity contribution in [1.29, 1.82) is 0 Å². The van der Waals surface area contributed by atoms with Crippen molar-refractivity contribution in [2.45, 2.75) is 46.6 Å². The molecule has 134 valence electrons. The van der Waals surface area contributed by atoms with Crippen LogP contribution in [0.4, 0.5) is 0 Å². The van der Waals surface area contributed by atoms with Gasteiger partial charge in [-0.05, 0) is 32.9 Å². The Morgan fingerprint density at radius 3 is 2.24 bits per heavy atom. The van der Waals surface area contributed by atoms with Crippen LogP contribution in [0.15, 0.2) is 12.1 Å². The van der Waals surface area contributed by atoms with Crippen LogP contribution < -0.4 is 0 Å². The summed E-state index contributed by atoms with van der Waals surface area (Å²) in [6.07, 6.45) is 0. The maximum absolute atomic E-state index is 12.7. The number of amides is 1. The Hall–Kier alpha value is -2.28. The second-order valence-corrected chi connectivity index (χ2v) is 7.45. The molecule has 0 aliphatic heterocycles. The number of aromatic nitrogens is 2. The molecule has 0 fully saturated rings. The Balaban J connectivity index is 2.27. The molecule has 2 rings (SSSR count). The molecule has 0 bridgehead atoms. The first-order valence-electron chi connectivity index (χ1n) is 8.08. The van der Waals surface area contributed by atoms with Crippen LogP contribution in [0.25, 0.3) is 0 Å². The van der Waals surface area contributed by atoms with Crippen molar-refractivity contribution in [3.8, 4) is 0 Å². The van der Waals surface area contributed by atoms with Gasteiger partial charge in [0.15, 0.2) is 0 Å². The molecule has 2 heterocycles. The first kappa shape index (κ1) is 19.1. The predicted octanol–water partition coefficient (Wildman–Crippen LogP) is 3.81. The lowest BCUT2D eigenvalue weighted by atomic mass is 10.1. The SMILES string of the molecule is Cc1nc(C(=O)N(C)C(C)c2sc(C(C)C)nc2C)ccc1C(=O)O. The van der Waals surface area contributed by atoms with Gasteiger partial charge in [0.1, 0.15) is 5.69 Å². The number of rotatable bonds is 5. The summed E-state index contributed by atoms with van der Waals surface area (Å²) in [6, 6.07) is 2.74. The van der Waals surface area contributed by atoms with Crippen molar-refractivity contribution >= 4 is 23.2 Å². The Labute approximate surface area is 151 Å². The fourth-order valence-electron chi connectivity index (χ4n) is 2.50. The van der Waals surface area contributed by atoms with E-state index in [9.17, 15) is 9.59 Å². The molecule has 0 spiro atoms. The highest BCUT2D eigenvalue weighted by molar-refractivity contribution is 7.11. The fourth-order valence-corrected chi connectivity index (χ4v) is 3.67. The molecule has 7 heteroatoms. The number of nitrogens with zero attached hydrogens (tertiary/aromatic N) is 3. The first-order chi connectivity index (χ1) is 11.6. The van der Waals surface area contributed by atoms with Crippen LogP contribution in [0.5, 0.6) is 0 Å². The zero-order chi connectivity index (χ0) is 18.9. The third-order valence-corrected chi connectivity index (χ3v) is 5.79. The highest BCUT2D eigenvalue weighted by atomic mass is 32.1. The monoisotopic (exact) mass is 361 g/mol. The molecule has 2 aromatic heterocycles. The molecular weight excluding hydrogens is 338 g/mol. The van der Waals surface area contributed by atoms with Crippen molar-refractivity contribution < 1.29 is 14.7 Å². The summed E-state index contributed by atoms with van der Waals surface area (Å²) in [7, 11) is 1.73. The van der Waals surface area contributed by atoms with Gasteiger partial charge in [0.2, 0.25) is 0 Å². The van der Waals surface area contributed by atoms with Crippen LogP contribution in [0.1, 0.15) is 74.9 Å². The zero-order valence-corrected chi connectivity index (χ0v) is 16.1. The largest absolute Gasteiger partial charge is 0.478 e. The fraction of sp³-hybridized carbons (Fsp3) is 0.444. The van der Waals surface area contributed by atoms with Gasteiger partial charge in [-0.1, -0.05) is 13.8 Å². The van der Waals surface area contributed by atoms with E-state index in [4.69, 9.17) is 5.11 Å². The summed E-state index contributed by atoms with van der Waals surface area (Å²) < 4.78 is 0. The summed E-state index contributed by atoms with van der Waals surface area (Å²) in [5.41, 5.74) is 1.61. The normalized spacial score (nSPS) is 12.3. The molecule has 0 aliphatic carbocycles. The molecule has 6 nitrogen and oxygen atoms in total. The average Bonchev–Trinajstić information content (AvgIpc) is 2.94. The molecule has 0 saturated heterocycles. The molecule has 1 atom stereocenters. The third kappa shape index (κ3) is 3.87. The van der Waals surface area contributed by atoms with Gasteiger partial charge in [-0.3, -0.25) is 4.79 Å². The molecule has 25 heavy (non-hydrogen) atoms. The summed E-state index contributed by atoms with van der Waals surface area (Å²) in [5.74, 6) is -0.947. The van der Waals surface area contributed by atoms with Gasteiger partial charge in [0.25, 0.3) is 5.91 Å². The second-order valence-electron chi connectivity index (χ2n) is 6.38. The molecule has 0 aliphatic rings. The van der Waals surface area contributed by atoms with Gasteiger partial charge in [0.05, 0.1) is 28.0 Å². The summed E-state index contributed by atoms with van der Waals surface area (Å²) in [4.78, 5) is 35.3. The van der Waals surface area contributed by atoms with Crippen LogP contribution in [0.3, 0.4) is 0 Å². The molecule has 0 radical (unpaired) electrons. The molecule has 0 aromatic carbocycles. The quantitative estimate of drug-likeness (QED) is 0.875. The van der Waals surface area contributed by atoms with E-state index < -0.39 is 5.97 Å². The Morgan fingerprint density at radius 1 is 1.12 bits per heavy atom. The van der Waals surface area contributed by atoms with E-state index in [0.29, 0.717) is 11.6 Å². The Bertz CT molecular complexity index is 814. The molecular formula is C18H23N3O3S. The maximum atomic E-state index is 12.7. The zero-order valence-electron chi connectivity index (χ0n) is 15.3. The van der Waals surface area contributed by atoms with E-state index in [1.807, 2.05) is 13.8 Å². The van der Waals surface area contributed by atoms with Crippen LogP contribution in [-0.4, -0.2) is 38.9 Å². The molecule has 1 unspecified atom stereocenters. The van der Waals surface area contributed by atoms with E-state index in [1.54, 1.807) is 30.2 Å². The number of hydrogen-bond acceptors (Lipinski definition) is 5. The van der Waals surface area contributed by atoms with Crippen molar-refractivity contribution in [2.24, 2.45) is 0 Å². The topological polar surface area (TPSA) is 83.4 Å². The number of pyridine rings is 1. The van der Waals surface area contributed by atoms with E-state index in [1.165, 1.54) is 12.1 Å². The lowest BCUT2D eigenvalue weighted by Gasteiger charge is -2.24. The van der Waals surface area contributed by atoms with Crippen molar-refractivity contribution in [1.82, 2.24) is 14.9 Å². The number of carboxylic acid groups (broad SMARTS) is 1. The lowest BCUT2D eigenvalue weighted by Crippen LogP contribution is -2.30. The summed E-state index contributed by atoms with van der Waals surface area (Å²) in [6.45, 7) is 9.69. The Kier molecular flexibility index (Phi) is 5.57. The van der Waals surface area contributed by atoms with E-state index in [0.717, 1.165) is 15.6 Å². The number of aryl methyl sites for hydroxylation is 2. The number of carbonyl (C=O) groups is 2. The minimum atomic E-state index is -1.05. The van der Waals surface area contributed by atoms with E-state index in [-0.39, 0.29) is 23.2 Å². The number of aromatic carboxylic acids is 1. The van der Waals surface area contributed by atoms with Crippen molar-refractivity contribution in [3.63, 3.8) is 0 Å². The lowest BCUT2D eigenvalue weighted by molar-refractivity contribution is 0.0690. The minimum Gasteiger partial charge on any atom is -0.478 e. The second kappa shape index (κ2) is 7.31. The van der Waals surface area contributed by atoms with Crippen LogP contribution in [-0.2, 0) is 0 Å². The van der Waals surface area contributed by atoms with Crippen molar-refractivity contribution in [2.75, 3.05) is 7.05 Å². The molecule has 1 amide bonds. The average molecular weight is 361 g/mol. The highest BCUT2D eigenvalue weighted by Crippen LogP contribution is 2.32. The maximum Gasteiger partial charge on any atom is 0.337 e. The molecule has 1 N–H and O–H groups in total. The third-order valence-electron chi connectivity index (χ3n) is 4.16. The van der Waals surface area contributed by atoms with Gasteiger partial charge < -0.3 is 10.0 Å². The van der Waals surface area contributed by atoms with Gasteiger partial charge in [-0.15, -0.1) is 11.3 Å². The predicted molar refractivity (Wildman–Crippen MR) is 97.4 cm³/mol. The van der Waals surface area contributed by atoms with Gasteiger partial charge in [-0.2, -0.15) is 0 Å². The smallest absolute Gasteiger partial charge is 0.337 e.